The Morgan fingerprint density at radius 2 is 2.00 bits per heavy atom. The van der Waals surface area contributed by atoms with Crippen molar-refractivity contribution in [2.24, 2.45) is 5.92 Å². The van der Waals surface area contributed by atoms with Crippen molar-refractivity contribution in [1.82, 2.24) is 9.80 Å². The van der Waals surface area contributed by atoms with E-state index in [1.807, 2.05) is 26.8 Å². The Hall–Kier alpha value is -2.03. The molecule has 0 aliphatic carbocycles. The molecule has 1 aliphatic rings. The number of Topliss-reactive ketones (excluding diaryl/α,β-unsaturated/α-hetero) is 1. The summed E-state index contributed by atoms with van der Waals surface area (Å²) in [5.41, 5.74) is -0.433. The van der Waals surface area contributed by atoms with E-state index in [9.17, 15) is 9.59 Å². The van der Waals surface area contributed by atoms with E-state index in [4.69, 9.17) is 10.00 Å². The molecular formula is C16H25N3O3. The maximum Gasteiger partial charge on any atom is 0.410 e. The second kappa shape index (κ2) is 7.30. The highest BCUT2D eigenvalue weighted by Gasteiger charge is 2.32. The highest BCUT2D eigenvalue weighted by Crippen LogP contribution is 2.22. The van der Waals surface area contributed by atoms with Crippen LogP contribution in [0.25, 0.3) is 0 Å². The van der Waals surface area contributed by atoms with Gasteiger partial charge in [-0.1, -0.05) is 0 Å². The minimum Gasteiger partial charge on any atom is -0.444 e. The van der Waals surface area contributed by atoms with Gasteiger partial charge in [0.25, 0.3) is 0 Å². The number of likely N-dealkylation sites (tertiary alicyclic amines) is 1. The van der Waals surface area contributed by atoms with Gasteiger partial charge in [-0.05, 0) is 33.6 Å². The third-order valence-corrected chi connectivity index (χ3v) is 3.22. The predicted octanol–water partition coefficient (Wildman–Crippen LogP) is 2.17. The summed E-state index contributed by atoms with van der Waals surface area (Å²) in [5, 5.41) is 9.13. The van der Waals surface area contributed by atoms with Crippen molar-refractivity contribution in [2.45, 2.75) is 39.2 Å². The van der Waals surface area contributed by atoms with E-state index in [-0.39, 0.29) is 17.3 Å². The number of rotatable bonds is 3. The van der Waals surface area contributed by atoms with E-state index >= 15 is 0 Å². The average Bonchev–Trinajstić information content (AvgIpc) is 2.42. The Bertz CT molecular complexity index is 498. The summed E-state index contributed by atoms with van der Waals surface area (Å²) in [5.74, 6) is -0.545. The fraction of sp³-hybridized carbons (Fsp3) is 0.688. The Morgan fingerprint density at radius 3 is 2.50 bits per heavy atom. The number of nitrogens with zero attached hydrogens (tertiary/aromatic N) is 3. The van der Waals surface area contributed by atoms with Gasteiger partial charge in [0.05, 0.1) is 0 Å². The van der Waals surface area contributed by atoms with Crippen molar-refractivity contribution in [2.75, 3.05) is 27.2 Å². The zero-order valence-electron chi connectivity index (χ0n) is 14.0. The molecule has 1 saturated heterocycles. The fourth-order valence-electron chi connectivity index (χ4n) is 2.31. The molecule has 122 valence electrons. The third-order valence-electron chi connectivity index (χ3n) is 3.22. The first kappa shape index (κ1) is 18.0. The number of ketones is 1. The van der Waals surface area contributed by atoms with Crippen LogP contribution in [0.3, 0.4) is 0 Å². The highest BCUT2D eigenvalue weighted by atomic mass is 16.6. The van der Waals surface area contributed by atoms with Gasteiger partial charge in [-0.2, -0.15) is 5.26 Å². The van der Waals surface area contributed by atoms with Crippen LogP contribution in [-0.4, -0.2) is 54.5 Å². The lowest BCUT2D eigenvalue weighted by atomic mass is 9.90. The summed E-state index contributed by atoms with van der Waals surface area (Å²) in [6.45, 7) is 6.32. The van der Waals surface area contributed by atoms with Gasteiger partial charge in [0, 0.05) is 39.3 Å². The van der Waals surface area contributed by atoms with Crippen LogP contribution in [0.4, 0.5) is 4.79 Å². The Kier molecular flexibility index (Phi) is 5.98. The van der Waals surface area contributed by atoms with Crippen molar-refractivity contribution < 1.29 is 14.3 Å². The van der Waals surface area contributed by atoms with Gasteiger partial charge >= 0.3 is 6.09 Å². The molecule has 1 unspecified atom stereocenters. The van der Waals surface area contributed by atoms with Crippen molar-refractivity contribution in [3.05, 3.63) is 11.8 Å². The maximum atomic E-state index is 12.4. The summed E-state index contributed by atoms with van der Waals surface area (Å²) in [4.78, 5) is 27.8. The number of ether oxygens (including phenoxy) is 1. The molecule has 0 spiro atoms. The van der Waals surface area contributed by atoms with Gasteiger partial charge in [-0.15, -0.1) is 0 Å². The molecule has 1 atom stereocenters. The number of allylic oxidation sites excluding steroid dienone is 1. The molecule has 0 radical (unpaired) electrons. The van der Waals surface area contributed by atoms with Crippen LogP contribution in [0.2, 0.25) is 0 Å². The first-order chi connectivity index (χ1) is 10.1. The maximum absolute atomic E-state index is 12.4. The third kappa shape index (κ3) is 5.40. The van der Waals surface area contributed by atoms with Crippen LogP contribution < -0.4 is 0 Å². The highest BCUT2D eigenvalue weighted by molar-refractivity contribution is 6.00. The van der Waals surface area contributed by atoms with Gasteiger partial charge < -0.3 is 14.5 Å². The smallest absolute Gasteiger partial charge is 0.410 e. The van der Waals surface area contributed by atoms with E-state index in [0.717, 1.165) is 6.42 Å². The second-order valence-corrected chi connectivity index (χ2v) is 6.75. The summed E-state index contributed by atoms with van der Waals surface area (Å²) in [7, 11) is 3.52. The fourth-order valence-corrected chi connectivity index (χ4v) is 2.31. The summed E-state index contributed by atoms with van der Waals surface area (Å²) >= 11 is 0. The van der Waals surface area contributed by atoms with E-state index in [1.54, 1.807) is 23.9 Å². The largest absolute Gasteiger partial charge is 0.444 e. The van der Waals surface area contributed by atoms with E-state index in [0.29, 0.717) is 19.5 Å². The molecule has 0 aromatic heterocycles. The Balaban J connectivity index is 2.76. The molecule has 6 heteroatoms. The molecule has 22 heavy (non-hydrogen) atoms. The molecular weight excluding hydrogens is 282 g/mol. The molecule has 1 amide bonds. The number of carbonyl (C=O) groups is 2. The van der Waals surface area contributed by atoms with E-state index in [2.05, 4.69) is 0 Å². The molecule has 6 nitrogen and oxygen atoms in total. The number of carbonyl (C=O) groups excluding carboxylic acids is 2. The molecule has 0 saturated carbocycles. The minimum atomic E-state index is -0.559. The van der Waals surface area contributed by atoms with Crippen LogP contribution >= 0.6 is 0 Å². The first-order valence-electron chi connectivity index (χ1n) is 7.44. The summed E-state index contributed by atoms with van der Waals surface area (Å²) in [6.07, 6.45) is 2.54. The molecule has 1 fully saturated rings. The number of piperidine rings is 1. The van der Waals surface area contributed by atoms with Gasteiger partial charge in [-0.3, -0.25) is 4.79 Å². The summed E-state index contributed by atoms with van der Waals surface area (Å²) < 4.78 is 5.34. The van der Waals surface area contributed by atoms with Gasteiger partial charge in [0.1, 0.15) is 17.2 Å². The summed E-state index contributed by atoms with van der Waals surface area (Å²) in [6, 6.07) is 1.95. The molecule has 0 aromatic rings. The first-order valence-corrected chi connectivity index (χ1v) is 7.44. The van der Waals surface area contributed by atoms with Gasteiger partial charge in [0.15, 0.2) is 5.78 Å². The van der Waals surface area contributed by atoms with Crippen molar-refractivity contribution in [3.63, 3.8) is 0 Å². The van der Waals surface area contributed by atoms with Crippen LogP contribution in [0.15, 0.2) is 11.8 Å². The van der Waals surface area contributed by atoms with Crippen molar-refractivity contribution in [3.8, 4) is 6.07 Å². The minimum absolute atomic E-state index is 0.126. The monoisotopic (exact) mass is 307 g/mol. The average molecular weight is 307 g/mol. The van der Waals surface area contributed by atoms with E-state index < -0.39 is 11.7 Å². The lowest BCUT2D eigenvalue weighted by molar-refractivity contribution is -0.120. The zero-order valence-corrected chi connectivity index (χ0v) is 14.0. The van der Waals surface area contributed by atoms with Crippen LogP contribution in [0, 0.1) is 17.2 Å². The number of hydrogen-bond donors (Lipinski definition) is 0. The molecule has 1 rings (SSSR count). The molecule has 0 aromatic carbocycles. The standard InChI is InChI=1S/C16H25N3O3/c1-16(2,3)22-15(21)19-8-6-7-12(11-19)14(20)13(9-17)10-18(4)5/h10,12H,6-8,11H2,1-5H3/b13-10+. The zero-order chi connectivity index (χ0) is 16.9. The molecule has 0 N–H and O–H groups in total. The SMILES string of the molecule is CN(C)/C=C(\C#N)C(=O)C1CCCN(C(=O)OC(C)(C)C)C1. The molecule has 1 heterocycles. The van der Waals surface area contributed by atoms with Gasteiger partial charge in [0.2, 0.25) is 0 Å². The lowest BCUT2D eigenvalue weighted by Crippen LogP contribution is -2.44. The van der Waals surface area contributed by atoms with Crippen LogP contribution in [0.1, 0.15) is 33.6 Å². The quantitative estimate of drug-likeness (QED) is 0.590. The number of nitriles is 1. The van der Waals surface area contributed by atoms with Crippen LogP contribution in [-0.2, 0) is 9.53 Å². The normalized spacial score (nSPS) is 19.4. The van der Waals surface area contributed by atoms with Crippen LogP contribution in [0.5, 0.6) is 0 Å². The van der Waals surface area contributed by atoms with E-state index in [1.165, 1.54) is 6.20 Å². The van der Waals surface area contributed by atoms with Crippen molar-refractivity contribution in [1.29, 1.82) is 5.26 Å². The topological polar surface area (TPSA) is 73.6 Å². The molecule has 0 bridgehead atoms. The Labute approximate surface area is 132 Å². The lowest BCUT2D eigenvalue weighted by Gasteiger charge is -2.33. The van der Waals surface area contributed by atoms with Crippen molar-refractivity contribution >= 4 is 11.9 Å². The Morgan fingerprint density at radius 1 is 1.36 bits per heavy atom. The predicted molar refractivity (Wildman–Crippen MR) is 82.9 cm³/mol. The number of amides is 1. The van der Waals surface area contributed by atoms with Gasteiger partial charge in [-0.25, -0.2) is 4.79 Å². The second-order valence-electron chi connectivity index (χ2n) is 6.75. The molecule has 1 aliphatic heterocycles. The number of hydrogen-bond acceptors (Lipinski definition) is 5.